The number of hydrogen-bond acceptors (Lipinski definition) is 4. The van der Waals surface area contributed by atoms with E-state index in [4.69, 9.17) is 0 Å². The number of ketones is 1. The van der Waals surface area contributed by atoms with Crippen molar-refractivity contribution in [2.45, 2.75) is 24.7 Å². The first-order valence-corrected chi connectivity index (χ1v) is 11.4. The predicted molar refractivity (Wildman–Crippen MR) is 110 cm³/mol. The van der Waals surface area contributed by atoms with Crippen molar-refractivity contribution >= 4 is 42.5 Å². The number of sulfone groups is 1. The molecule has 1 fully saturated rings. The molecule has 1 aromatic heterocycles. The van der Waals surface area contributed by atoms with Crippen LogP contribution in [0.3, 0.4) is 0 Å². The van der Waals surface area contributed by atoms with Gasteiger partial charge in [0.2, 0.25) is 0 Å². The topological polar surface area (TPSA) is 64.1 Å². The standard InChI is InChI=1S/C21H18BrNO3S/c1-12-19(21(24)14-3-4-14)20(17-11-15(22)7-10-18(17)23-12)13-5-8-16(9-6-13)27(2,25)26/h5-11,14H,3-4H2,1-2H3. The van der Waals surface area contributed by atoms with E-state index in [1.54, 1.807) is 24.3 Å². The van der Waals surface area contributed by atoms with Crippen LogP contribution in [-0.2, 0) is 9.84 Å². The predicted octanol–water partition coefficient (Wildman–Crippen LogP) is 4.97. The van der Waals surface area contributed by atoms with Crippen molar-refractivity contribution in [3.8, 4) is 11.1 Å². The Morgan fingerprint density at radius 2 is 1.78 bits per heavy atom. The molecule has 0 unspecified atom stereocenters. The lowest BCUT2D eigenvalue weighted by Crippen LogP contribution is -2.09. The normalized spacial score (nSPS) is 14.5. The summed E-state index contributed by atoms with van der Waals surface area (Å²) < 4.78 is 24.5. The Kier molecular flexibility index (Phi) is 4.43. The molecule has 0 aliphatic heterocycles. The lowest BCUT2D eigenvalue weighted by atomic mass is 9.91. The van der Waals surface area contributed by atoms with Gasteiger partial charge in [-0.1, -0.05) is 28.1 Å². The molecule has 0 saturated heterocycles. The first-order valence-electron chi connectivity index (χ1n) is 8.70. The highest BCUT2D eigenvalue weighted by atomic mass is 79.9. The lowest BCUT2D eigenvalue weighted by molar-refractivity contribution is 0.0967. The fraction of sp³-hybridized carbons (Fsp3) is 0.238. The number of benzene rings is 2. The van der Waals surface area contributed by atoms with E-state index < -0.39 is 9.84 Å². The maximum Gasteiger partial charge on any atom is 0.175 e. The summed E-state index contributed by atoms with van der Waals surface area (Å²) in [5.41, 5.74) is 3.82. The molecule has 0 atom stereocenters. The third-order valence-corrected chi connectivity index (χ3v) is 6.52. The van der Waals surface area contributed by atoms with E-state index >= 15 is 0 Å². The average Bonchev–Trinajstić information content (AvgIpc) is 3.45. The summed E-state index contributed by atoms with van der Waals surface area (Å²) in [7, 11) is -3.28. The number of fused-ring (bicyclic) bond motifs is 1. The van der Waals surface area contributed by atoms with Crippen molar-refractivity contribution < 1.29 is 13.2 Å². The van der Waals surface area contributed by atoms with Gasteiger partial charge in [-0.15, -0.1) is 0 Å². The molecule has 27 heavy (non-hydrogen) atoms. The summed E-state index contributed by atoms with van der Waals surface area (Å²) >= 11 is 3.51. The molecule has 1 saturated carbocycles. The lowest BCUT2D eigenvalue weighted by Gasteiger charge is -2.16. The fourth-order valence-electron chi connectivity index (χ4n) is 3.38. The second kappa shape index (κ2) is 6.53. The number of hydrogen-bond donors (Lipinski definition) is 0. The van der Waals surface area contributed by atoms with Gasteiger partial charge in [0.15, 0.2) is 15.6 Å². The van der Waals surface area contributed by atoms with E-state index in [2.05, 4.69) is 20.9 Å². The Bertz CT molecular complexity index is 1180. The quantitative estimate of drug-likeness (QED) is 0.533. The highest BCUT2D eigenvalue weighted by Crippen LogP contribution is 2.40. The molecule has 4 nitrogen and oxygen atoms in total. The van der Waals surface area contributed by atoms with E-state index in [1.807, 2.05) is 25.1 Å². The van der Waals surface area contributed by atoms with Gasteiger partial charge in [-0.25, -0.2) is 8.42 Å². The van der Waals surface area contributed by atoms with E-state index in [9.17, 15) is 13.2 Å². The van der Waals surface area contributed by atoms with Crippen LogP contribution in [0.4, 0.5) is 0 Å². The van der Waals surface area contributed by atoms with Crippen molar-refractivity contribution in [1.82, 2.24) is 4.98 Å². The SMILES string of the molecule is Cc1nc2ccc(Br)cc2c(-c2ccc(S(C)(=O)=O)cc2)c1C(=O)C1CC1. The van der Waals surface area contributed by atoms with E-state index in [-0.39, 0.29) is 16.6 Å². The van der Waals surface area contributed by atoms with E-state index in [0.717, 1.165) is 39.3 Å². The minimum Gasteiger partial charge on any atom is -0.294 e. The molecule has 138 valence electrons. The van der Waals surface area contributed by atoms with Gasteiger partial charge in [0.1, 0.15) is 0 Å². The first-order chi connectivity index (χ1) is 12.8. The van der Waals surface area contributed by atoms with Crippen LogP contribution in [0.25, 0.3) is 22.0 Å². The molecule has 6 heteroatoms. The number of halogens is 1. The number of pyridine rings is 1. The molecular weight excluding hydrogens is 426 g/mol. The molecular formula is C21H18BrNO3S. The van der Waals surface area contributed by atoms with Crippen LogP contribution in [0.5, 0.6) is 0 Å². The summed E-state index contributed by atoms with van der Waals surface area (Å²) in [4.78, 5) is 17.9. The summed E-state index contributed by atoms with van der Waals surface area (Å²) in [6.07, 6.45) is 3.02. The average molecular weight is 444 g/mol. The number of Topliss-reactive ketones (excluding diaryl/α,β-unsaturated/α-hetero) is 1. The van der Waals surface area contributed by atoms with E-state index in [0.29, 0.717) is 11.3 Å². The fourth-order valence-corrected chi connectivity index (χ4v) is 4.37. The van der Waals surface area contributed by atoms with Crippen LogP contribution in [0.1, 0.15) is 28.9 Å². The zero-order valence-corrected chi connectivity index (χ0v) is 17.4. The minimum atomic E-state index is -3.28. The van der Waals surface area contributed by atoms with Crippen LogP contribution in [-0.4, -0.2) is 25.4 Å². The zero-order valence-electron chi connectivity index (χ0n) is 15.0. The molecule has 4 rings (SSSR count). The molecule has 0 spiro atoms. The molecule has 0 N–H and O–H groups in total. The van der Waals surface area contributed by atoms with Crippen LogP contribution in [0, 0.1) is 12.8 Å². The van der Waals surface area contributed by atoms with Crippen LogP contribution >= 0.6 is 15.9 Å². The zero-order chi connectivity index (χ0) is 19.3. The number of aryl methyl sites for hydroxylation is 1. The Balaban J connectivity index is 2.02. The highest BCUT2D eigenvalue weighted by molar-refractivity contribution is 9.10. The molecule has 1 aliphatic rings. The van der Waals surface area contributed by atoms with Crippen molar-refractivity contribution in [1.29, 1.82) is 0 Å². The van der Waals surface area contributed by atoms with Gasteiger partial charge in [0.25, 0.3) is 0 Å². The monoisotopic (exact) mass is 443 g/mol. The Morgan fingerprint density at radius 3 is 2.37 bits per heavy atom. The number of aromatic nitrogens is 1. The number of nitrogens with zero attached hydrogens (tertiary/aromatic N) is 1. The van der Waals surface area contributed by atoms with Gasteiger partial charge >= 0.3 is 0 Å². The van der Waals surface area contributed by atoms with Crippen molar-refractivity contribution in [3.05, 3.63) is 58.2 Å². The summed E-state index contributed by atoms with van der Waals surface area (Å²) in [5.74, 6) is 0.202. The number of carbonyl (C=O) groups excluding carboxylic acids is 1. The largest absolute Gasteiger partial charge is 0.294 e. The van der Waals surface area contributed by atoms with Crippen molar-refractivity contribution in [2.24, 2.45) is 5.92 Å². The van der Waals surface area contributed by atoms with E-state index in [1.165, 1.54) is 6.26 Å². The summed E-state index contributed by atoms with van der Waals surface area (Å²) in [6.45, 7) is 1.87. The number of rotatable bonds is 4. The third kappa shape index (κ3) is 3.44. The Labute approximate surface area is 166 Å². The molecule has 0 radical (unpaired) electrons. The molecule has 0 amide bonds. The van der Waals surface area contributed by atoms with Crippen LogP contribution in [0.2, 0.25) is 0 Å². The van der Waals surface area contributed by atoms with Crippen LogP contribution < -0.4 is 0 Å². The van der Waals surface area contributed by atoms with Gasteiger partial charge in [0.05, 0.1) is 10.4 Å². The summed E-state index contributed by atoms with van der Waals surface area (Å²) in [6, 6.07) is 12.5. The second-order valence-corrected chi connectivity index (χ2v) is 9.98. The van der Waals surface area contributed by atoms with Gasteiger partial charge < -0.3 is 0 Å². The number of carbonyl (C=O) groups is 1. The van der Waals surface area contributed by atoms with Gasteiger partial charge in [-0.05, 0) is 55.7 Å². The Hall–Kier alpha value is -2.05. The first kappa shape index (κ1) is 18.3. The van der Waals surface area contributed by atoms with Gasteiger partial charge in [0, 0.05) is 38.9 Å². The highest BCUT2D eigenvalue weighted by Gasteiger charge is 2.34. The third-order valence-electron chi connectivity index (χ3n) is 4.89. The summed E-state index contributed by atoms with van der Waals surface area (Å²) in [5, 5.41) is 0.881. The minimum absolute atomic E-state index is 0.0733. The van der Waals surface area contributed by atoms with Gasteiger partial charge in [-0.3, -0.25) is 9.78 Å². The Morgan fingerprint density at radius 1 is 1.11 bits per heavy atom. The maximum atomic E-state index is 13.0. The van der Waals surface area contributed by atoms with Crippen molar-refractivity contribution in [3.63, 3.8) is 0 Å². The molecule has 3 aromatic rings. The molecule has 0 bridgehead atoms. The van der Waals surface area contributed by atoms with Crippen LogP contribution in [0.15, 0.2) is 51.8 Å². The van der Waals surface area contributed by atoms with Gasteiger partial charge in [-0.2, -0.15) is 0 Å². The second-order valence-electron chi connectivity index (χ2n) is 7.04. The molecule has 1 heterocycles. The maximum absolute atomic E-state index is 13.0. The molecule has 2 aromatic carbocycles. The van der Waals surface area contributed by atoms with Crippen molar-refractivity contribution in [2.75, 3.05) is 6.26 Å². The molecule has 1 aliphatic carbocycles. The smallest absolute Gasteiger partial charge is 0.175 e.